The van der Waals surface area contributed by atoms with Crippen LogP contribution in [0.3, 0.4) is 0 Å². The smallest absolute Gasteiger partial charge is 0.0512 e. The lowest BCUT2D eigenvalue weighted by Gasteiger charge is -2.35. The van der Waals surface area contributed by atoms with Gasteiger partial charge in [0.2, 0.25) is 0 Å². The van der Waals surface area contributed by atoms with E-state index in [-0.39, 0.29) is 12.4 Å². The molecule has 0 spiro atoms. The van der Waals surface area contributed by atoms with E-state index in [0.717, 1.165) is 25.0 Å². The van der Waals surface area contributed by atoms with Crippen LogP contribution in [0.15, 0.2) is 0 Å². The summed E-state index contributed by atoms with van der Waals surface area (Å²) in [5.74, 6) is 1.54. The van der Waals surface area contributed by atoms with Crippen molar-refractivity contribution < 1.29 is 4.74 Å². The van der Waals surface area contributed by atoms with Crippen LogP contribution < -0.4 is 5.73 Å². The van der Waals surface area contributed by atoms with E-state index in [1.807, 2.05) is 0 Å². The first kappa shape index (κ1) is 7.32. The third kappa shape index (κ3) is 0.955. The summed E-state index contributed by atoms with van der Waals surface area (Å²) in [6, 6.07) is 0.461. The van der Waals surface area contributed by atoms with E-state index >= 15 is 0 Å². The van der Waals surface area contributed by atoms with Gasteiger partial charge in [-0.05, 0) is 12.3 Å². The maximum Gasteiger partial charge on any atom is 0.0512 e. The standard InChI is InChI=1S/C6H11NO.ClH/c7-6-1-4-2-8-3-5(4)6;/h4-6H,1-3,7H2;1H. The molecule has 2 nitrogen and oxygen atoms in total. The predicted octanol–water partition coefficient (Wildman–Crippen LogP) is 0.402. The molecule has 0 aromatic rings. The molecule has 1 aliphatic heterocycles. The first-order chi connectivity index (χ1) is 3.88. The molecule has 2 N–H and O–H groups in total. The van der Waals surface area contributed by atoms with E-state index in [1.165, 1.54) is 6.42 Å². The molecule has 0 aromatic heterocycles. The largest absolute Gasteiger partial charge is 0.381 e. The Bertz CT molecular complexity index is 109. The van der Waals surface area contributed by atoms with Gasteiger partial charge in [0.05, 0.1) is 6.61 Å². The second-order valence-electron chi connectivity index (χ2n) is 2.86. The minimum absolute atomic E-state index is 0. The van der Waals surface area contributed by atoms with Crippen LogP contribution in [-0.4, -0.2) is 19.3 Å². The second-order valence-corrected chi connectivity index (χ2v) is 2.86. The zero-order valence-corrected chi connectivity index (χ0v) is 6.06. The normalized spacial score (nSPS) is 47.0. The van der Waals surface area contributed by atoms with Crippen molar-refractivity contribution in [3.8, 4) is 0 Å². The van der Waals surface area contributed by atoms with Gasteiger partial charge in [-0.25, -0.2) is 0 Å². The number of fused-ring (bicyclic) bond motifs is 1. The Kier molecular flexibility index (Phi) is 1.99. The average molecular weight is 150 g/mol. The van der Waals surface area contributed by atoms with Crippen molar-refractivity contribution >= 4 is 12.4 Å². The van der Waals surface area contributed by atoms with Gasteiger partial charge in [0.1, 0.15) is 0 Å². The summed E-state index contributed by atoms with van der Waals surface area (Å²) < 4.78 is 5.22. The summed E-state index contributed by atoms with van der Waals surface area (Å²) in [4.78, 5) is 0. The number of ether oxygens (including phenoxy) is 1. The molecule has 0 radical (unpaired) electrons. The van der Waals surface area contributed by atoms with Gasteiger partial charge in [0.25, 0.3) is 0 Å². The zero-order chi connectivity index (χ0) is 5.56. The molecule has 0 amide bonds. The summed E-state index contributed by atoms with van der Waals surface area (Å²) in [7, 11) is 0. The monoisotopic (exact) mass is 149 g/mol. The zero-order valence-electron chi connectivity index (χ0n) is 5.25. The van der Waals surface area contributed by atoms with Crippen LogP contribution in [-0.2, 0) is 4.74 Å². The topological polar surface area (TPSA) is 35.2 Å². The Balaban J connectivity index is 0.000000405. The van der Waals surface area contributed by atoms with Crippen LogP contribution in [0.25, 0.3) is 0 Å². The first-order valence-corrected chi connectivity index (χ1v) is 3.21. The predicted molar refractivity (Wildman–Crippen MR) is 37.6 cm³/mol. The van der Waals surface area contributed by atoms with Gasteiger partial charge in [-0.2, -0.15) is 0 Å². The van der Waals surface area contributed by atoms with Crippen molar-refractivity contribution in [2.45, 2.75) is 12.5 Å². The van der Waals surface area contributed by atoms with Crippen LogP contribution in [0.1, 0.15) is 6.42 Å². The molecular formula is C6H12ClNO. The fraction of sp³-hybridized carbons (Fsp3) is 1.00. The first-order valence-electron chi connectivity index (χ1n) is 3.21. The van der Waals surface area contributed by atoms with Gasteiger partial charge in [0.15, 0.2) is 0 Å². The molecule has 2 aliphatic rings. The third-order valence-electron chi connectivity index (χ3n) is 2.37. The van der Waals surface area contributed by atoms with Crippen LogP contribution in [0.4, 0.5) is 0 Å². The van der Waals surface area contributed by atoms with E-state index in [9.17, 15) is 0 Å². The van der Waals surface area contributed by atoms with Crippen LogP contribution in [0, 0.1) is 11.8 Å². The van der Waals surface area contributed by atoms with Crippen molar-refractivity contribution in [3.63, 3.8) is 0 Å². The lowest BCUT2D eigenvalue weighted by molar-refractivity contribution is 0.185. The van der Waals surface area contributed by atoms with Crippen LogP contribution in [0.2, 0.25) is 0 Å². The van der Waals surface area contributed by atoms with E-state index in [4.69, 9.17) is 10.5 Å². The SMILES string of the molecule is Cl.NC1CC2COCC12. The highest BCUT2D eigenvalue weighted by atomic mass is 35.5. The van der Waals surface area contributed by atoms with Crippen molar-refractivity contribution in [3.05, 3.63) is 0 Å². The fourth-order valence-corrected chi connectivity index (χ4v) is 1.66. The molecule has 3 heteroatoms. The van der Waals surface area contributed by atoms with Gasteiger partial charge in [-0.15, -0.1) is 12.4 Å². The molecule has 1 saturated heterocycles. The lowest BCUT2D eigenvalue weighted by atomic mass is 9.72. The molecule has 2 rings (SSSR count). The Morgan fingerprint density at radius 1 is 1.33 bits per heavy atom. The summed E-state index contributed by atoms with van der Waals surface area (Å²) >= 11 is 0. The molecule has 1 saturated carbocycles. The molecule has 1 aliphatic carbocycles. The summed E-state index contributed by atoms with van der Waals surface area (Å²) in [6.45, 7) is 1.89. The number of hydrogen-bond acceptors (Lipinski definition) is 2. The molecule has 3 unspecified atom stereocenters. The molecule has 1 heterocycles. The van der Waals surface area contributed by atoms with E-state index in [2.05, 4.69) is 0 Å². The molecule has 54 valence electrons. The molecule has 3 atom stereocenters. The Hall–Kier alpha value is 0.210. The van der Waals surface area contributed by atoms with Gasteiger partial charge >= 0.3 is 0 Å². The fourth-order valence-electron chi connectivity index (χ4n) is 1.66. The third-order valence-corrected chi connectivity index (χ3v) is 2.37. The van der Waals surface area contributed by atoms with Crippen molar-refractivity contribution in [1.29, 1.82) is 0 Å². The van der Waals surface area contributed by atoms with Gasteiger partial charge in [-0.3, -0.25) is 0 Å². The Labute approximate surface area is 61.2 Å². The summed E-state index contributed by atoms with van der Waals surface area (Å²) in [5.41, 5.74) is 5.68. The molecule has 0 bridgehead atoms. The van der Waals surface area contributed by atoms with E-state index in [0.29, 0.717) is 6.04 Å². The second kappa shape index (κ2) is 2.45. The summed E-state index contributed by atoms with van der Waals surface area (Å²) in [6.07, 6.45) is 1.20. The maximum absolute atomic E-state index is 5.68. The molecule has 0 aromatic carbocycles. The lowest BCUT2D eigenvalue weighted by Crippen LogP contribution is -2.46. The highest BCUT2D eigenvalue weighted by Gasteiger charge is 2.42. The molecule has 2 fully saturated rings. The Morgan fingerprint density at radius 3 is 2.56 bits per heavy atom. The highest BCUT2D eigenvalue weighted by Crippen LogP contribution is 2.37. The number of nitrogens with two attached hydrogens (primary N) is 1. The summed E-state index contributed by atoms with van der Waals surface area (Å²) in [5, 5.41) is 0. The quantitative estimate of drug-likeness (QED) is 0.541. The number of hydrogen-bond donors (Lipinski definition) is 1. The average Bonchev–Trinajstić information content (AvgIpc) is 2.09. The molecule has 9 heavy (non-hydrogen) atoms. The van der Waals surface area contributed by atoms with Gasteiger partial charge in [0, 0.05) is 18.6 Å². The van der Waals surface area contributed by atoms with Crippen molar-refractivity contribution in [2.75, 3.05) is 13.2 Å². The highest BCUT2D eigenvalue weighted by molar-refractivity contribution is 5.85. The van der Waals surface area contributed by atoms with E-state index in [1.54, 1.807) is 0 Å². The van der Waals surface area contributed by atoms with E-state index < -0.39 is 0 Å². The van der Waals surface area contributed by atoms with Gasteiger partial charge < -0.3 is 10.5 Å². The van der Waals surface area contributed by atoms with Crippen molar-refractivity contribution in [2.24, 2.45) is 17.6 Å². The van der Waals surface area contributed by atoms with Gasteiger partial charge in [-0.1, -0.05) is 0 Å². The maximum atomic E-state index is 5.68. The minimum atomic E-state index is 0. The number of rotatable bonds is 0. The molecular weight excluding hydrogens is 138 g/mol. The van der Waals surface area contributed by atoms with Crippen LogP contribution in [0.5, 0.6) is 0 Å². The number of halogens is 1. The Morgan fingerprint density at radius 2 is 2.11 bits per heavy atom. The minimum Gasteiger partial charge on any atom is -0.381 e. The van der Waals surface area contributed by atoms with Crippen LogP contribution >= 0.6 is 12.4 Å². The van der Waals surface area contributed by atoms with Crippen molar-refractivity contribution in [1.82, 2.24) is 0 Å².